The number of anilines is 1. The topological polar surface area (TPSA) is 105 Å². The van der Waals surface area contributed by atoms with Crippen molar-refractivity contribution in [3.63, 3.8) is 0 Å². The van der Waals surface area contributed by atoms with Crippen LogP contribution >= 0.6 is 11.6 Å². The second-order valence-corrected chi connectivity index (χ2v) is 9.11. The first-order valence-electron chi connectivity index (χ1n) is 9.07. The Morgan fingerprint density at radius 3 is 2.57 bits per heavy atom. The van der Waals surface area contributed by atoms with Gasteiger partial charge in [-0.2, -0.15) is 4.98 Å². The van der Waals surface area contributed by atoms with E-state index in [0.717, 1.165) is 21.7 Å². The first-order valence-corrected chi connectivity index (χ1v) is 11.3. The Morgan fingerprint density at radius 2 is 1.93 bits per heavy atom. The summed E-state index contributed by atoms with van der Waals surface area (Å²) in [5.41, 5.74) is 2.02. The van der Waals surface area contributed by atoms with Gasteiger partial charge >= 0.3 is 0 Å². The highest BCUT2D eigenvalue weighted by molar-refractivity contribution is 7.92. The number of rotatable bonds is 7. The number of carbonyl (C=O) groups is 1. The van der Waals surface area contributed by atoms with Crippen molar-refractivity contribution in [2.24, 2.45) is 0 Å². The molecule has 0 aliphatic carbocycles. The van der Waals surface area contributed by atoms with Crippen LogP contribution in [-0.4, -0.2) is 36.8 Å². The largest absolute Gasteiger partial charge is 0.345 e. The number of amides is 1. The van der Waals surface area contributed by atoms with Crippen LogP contribution in [0.25, 0.3) is 11.4 Å². The lowest BCUT2D eigenvalue weighted by Gasteiger charge is -2.28. The van der Waals surface area contributed by atoms with E-state index in [1.807, 2.05) is 13.0 Å². The maximum atomic E-state index is 12.7. The smallest absolute Gasteiger partial charge is 0.246 e. The number of benzene rings is 2. The fourth-order valence-electron chi connectivity index (χ4n) is 2.93. The minimum Gasteiger partial charge on any atom is -0.345 e. The molecule has 0 bridgehead atoms. The highest BCUT2D eigenvalue weighted by atomic mass is 35.5. The lowest BCUT2D eigenvalue weighted by Crippen LogP contribution is -2.47. The minimum atomic E-state index is -3.69. The second-order valence-electron chi connectivity index (χ2n) is 6.81. The van der Waals surface area contributed by atoms with E-state index in [4.69, 9.17) is 16.1 Å². The van der Waals surface area contributed by atoms with Crippen LogP contribution < -0.4 is 9.62 Å². The molecule has 3 rings (SSSR count). The number of nitrogens with one attached hydrogen (secondary N) is 1. The number of nitrogens with zero attached hydrogens (tertiary/aromatic N) is 3. The van der Waals surface area contributed by atoms with E-state index in [1.54, 1.807) is 42.5 Å². The molecular formula is C20H21ClN4O4S. The molecule has 30 heavy (non-hydrogen) atoms. The Bertz CT molecular complexity index is 1150. The van der Waals surface area contributed by atoms with E-state index in [0.29, 0.717) is 16.5 Å². The van der Waals surface area contributed by atoms with E-state index in [9.17, 15) is 13.2 Å². The summed E-state index contributed by atoms with van der Waals surface area (Å²) >= 11 is 5.87. The molecule has 0 aliphatic heterocycles. The first-order chi connectivity index (χ1) is 14.1. The van der Waals surface area contributed by atoms with Gasteiger partial charge in [0.25, 0.3) is 0 Å². The molecule has 0 spiro atoms. The van der Waals surface area contributed by atoms with Crippen molar-refractivity contribution < 1.29 is 17.7 Å². The molecule has 1 aromatic heterocycles. The van der Waals surface area contributed by atoms with Crippen molar-refractivity contribution in [3.05, 3.63) is 65.0 Å². The molecular weight excluding hydrogens is 428 g/mol. The van der Waals surface area contributed by atoms with Crippen LogP contribution in [0.2, 0.25) is 5.02 Å². The molecule has 0 fully saturated rings. The molecule has 1 heterocycles. The van der Waals surface area contributed by atoms with E-state index >= 15 is 0 Å². The Balaban J connectivity index is 1.71. The van der Waals surface area contributed by atoms with Crippen molar-refractivity contribution in [2.45, 2.75) is 26.4 Å². The van der Waals surface area contributed by atoms with E-state index < -0.39 is 22.0 Å². The van der Waals surface area contributed by atoms with Crippen molar-refractivity contribution in [3.8, 4) is 11.4 Å². The molecule has 3 aromatic rings. The predicted octanol–water partition coefficient (Wildman–Crippen LogP) is 3.17. The molecule has 8 nitrogen and oxygen atoms in total. The molecule has 2 aromatic carbocycles. The minimum absolute atomic E-state index is 0.0326. The van der Waals surface area contributed by atoms with Crippen LogP contribution in [0, 0.1) is 6.92 Å². The maximum Gasteiger partial charge on any atom is 0.246 e. The number of halogens is 1. The first kappa shape index (κ1) is 21.8. The lowest BCUT2D eigenvalue weighted by molar-refractivity contribution is -0.122. The maximum absolute atomic E-state index is 12.7. The van der Waals surface area contributed by atoms with Crippen LogP contribution in [0.1, 0.15) is 18.4 Å². The van der Waals surface area contributed by atoms with E-state index in [2.05, 4.69) is 15.5 Å². The van der Waals surface area contributed by atoms with Gasteiger partial charge in [-0.25, -0.2) is 8.42 Å². The van der Waals surface area contributed by atoms with Gasteiger partial charge in [-0.3, -0.25) is 9.10 Å². The molecule has 158 valence electrons. The van der Waals surface area contributed by atoms with Crippen LogP contribution in [-0.2, 0) is 21.4 Å². The molecule has 1 atom stereocenters. The normalized spacial score (nSPS) is 12.4. The van der Waals surface area contributed by atoms with Gasteiger partial charge in [-0.15, -0.1) is 0 Å². The molecule has 1 N–H and O–H groups in total. The number of hydrogen-bond acceptors (Lipinski definition) is 6. The van der Waals surface area contributed by atoms with Crippen LogP contribution in [0.3, 0.4) is 0 Å². The summed E-state index contributed by atoms with van der Waals surface area (Å²) in [5.74, 6) is 0.0663. The lowest BCUT2D eigenvalue weighted by atomic mass is 10.2. The summed E-state index contributed by atoms with van der Waals surface area (Å²) in [7, 11) is -3.69. The zero-order chi connectivity index (χ0) is 21.9. The van der Waals surface area contributed by atoms with Crippen LogP contribution in [0.4, 0.5) is 5.69 Å². The number of aromatic nitrogens is 2. The number of aryl methyl sites for hydroxylation is 1. The van der Waals surface area contributed by atoms with Gasteiger partial charge in [-0.1, -0.05) is 28.9 Å². The summed E-state index contributed by atoms with van der Waals surface area (Å²) in [6.45, 7) is 3.34. The molecule has 0 saturated heterocycles. The van der Waals surface area contributed by atoms with E-state index in [1.165, 1.54) is 6.92 Å². The standard InChI is InChI=1S/C20H21ClN4O4S/c1-13-5-4-6-17(11-13)25(30(3,27)28)14(2)20(26)22-12-18-23-19(24-29-18)15-7-9-16(21)10-8-15/h4-11,14H,12H2,1-3H3,(H,22,26)/t14-/m0/s1. The summed E-state index contributed by atoms with van der Waals surface area (Å²) < 4.78 is 30.9. The number of sulfonamides is 1. The third-order valence-corrected chi connectivity index (χ3v) is 5.82. The van der Waals surface area contributed by atoms with Crippen molar-refractivity contribution in [1.29, 1.82) is 0 Å². The molecule has 10 heteroatoms. The second kappa shape index (κ2) is 8.85. The van der Waals surface area contributed by atoms with Gasteiger partial charge in [0.15, 0.2) is 0 Å². The molecule has 0 radical (unpaired) electrons. The monoisotopic (exact) mass is 448 g/mol. The highest BCUT2D eigenvalue weighted by Gasteiger charge is 2.29. The SMILES string of the molecule is Cc1cccc(N([C@@H](C)C(=O)NCc2nc(-c3ccc(Cl)cc3)no2)S(C)(=O)=O)c1. The third-order valence-electron chi connectivity index (χ3n) is 4.33. The Labute approximate surface area is 179 Å². The van der Waals surface area contributed by atoms with Gasteiger partial charge in [-0.05, 0) is 55.8 Å². The fourth-order valence-corrected chi connectivity index (χ4v) is 4.22. The number of carbonyl (C=O) groups excluding carboxylic acids is 1. The highest BCUT2D eigenvalue weighted by Crippen LogP contribution is 2.22. The molecule has 0 unspecified atom stereocenters. The Kier molecular flexibility index (Phi) is 6.42. The zero-order valence-electron chi connectivity index (χ0n) is 16.7. The summed E-state index contributed by atoms with van der Waals surface area (Å²) in [6.07, 6.45) is 1.06. The zero-order valence-corrected chi connectivity index (χ0v) is 18.2. The Morgan fingerprint density at radius 1 is 1.23 bits per heavy atom. The van der Waals surface area contributed by atoms with Gasteiger partial charge in [0, 0.05) is 10.6 Å². The van der Waals surface area contributed by atoms with Gasteiger partial charge in [0.1, 0.15) is 6.04 Å². The predicted molar refractivity (Wildman–Crippen MR) is 115 cm³/mol. The molecule has 0 aliphatic rings. The van der Waals surface area contributed by atoms with Gasteiger partial charge in [0.2, 0.25) is 27.6 Å². The van der Waals surface area contributed by atoms with Gasteiger partial charge in [0.05, 0.1) is 18.5 Å². The van der Waals surface area contributed by atoms with Gasteiger partial charge < -0.3 is 9.84 Å². The van der Waals surface area contributed by atoms with E-state index in [-0.39, 0.29) is 12.4 Å². The molecule has 1 amide bonds. The quantitative estimate of drug-likeness (QED) is 0.595. The average molecular weight is 449 g/mol. The summed E-state index contributed by atoms with van der Waals surface area (Å²) in [5, 5.41) is 7.12. The fraction of sp³-hybridized carbons (Fsp3) is 0.250. The Hall–Kier alpha value is -2.91. The third kappa shape index (κ3) is 5.17. The van der Waals surface area contributed by atoms with Crippen molar-refractivity contribution in [1.82, 2.24) is 15.5 Å². The molecule has 0 saturated carbocycles. The van der Waals surface area contributed by atoms with Crippen molar-refractivity contribution >= 4 is 33.2 Å². The average Bonchev–Trinajstić information content (AvgIpc) is 3.14. The van der Waals surface area contributed by atoms with Crippen molar-refractivity contribution in [2.75, 3.05) is 10.6 Å². The summed E-state index contributed by atoms with van der Waals surface area (Å²) in [6, 6.07) is 12.9. The number of hydrogen-bond donors (Lipinski definition) is 1. The summed E-state index contributed by atoms with van der Waals surface area (Å²) in [4.78, 5) is 16.9. The van der Waals surface area contributed by atoms with Crippen LogP contribution in [0.15, 0.2) is 53.1 Å². The van der Waals surface area contributed by atoms with Crippen LogP contribution in [0.5, 0.6) is 0 Å².